The second kappa shape index (κ2) is 21.4. The van der Waals surface area contributed by atoms with Gasteiger partial charge in [0.25, 0.3) is 5.91 Å². The van der Waals surface area contributed by atoms with Crippen LogP contribution in [-0.4, -0.2) is 93.8 Å². The third kappa shape index (κ3) is 13.5. The molecule has 6 rings (SSSR count). The molecule has 0 bridgehead atoms. The molecule has 14 nitrogen and oxygen atoms in total. The maximum Gasteiger partial charge on any atom is 0.324 e. The molecule has 0 aliphatic carbocycles. The lowest BCUT2D eigenvalue weighted by atomic mass is 9.92. The van der Waals surface area contributed by atoms with E-state index in [2.05, 4.69) is 41.7 Å². The van der Waals surface area contributed by atoms with Gasteiger partial charge in [0.1, 0.15) is 23.1 Å². The topological polar surface area (TPSA) is 164 Å². The van der Waals surface area contributed by atoms with E-state index in [0.717, 1.165) is 39.0 Å². The average Bonchev–Trinajstić information content (AvgIpc) is 3.68. The van der Waals surface area contributed by atoms with Gasteiger partial charge in [0.15, 0.2) is 0 Å². The summed E-state index contributed by atoms with van der Waals surface area (Å²) in [7, 11) is 0.874. The van der Waals surface area contributed by atoms with Gasteiger partial charge < -0.3 is 38.9 Å². The molecule has 15 heteroatoms. The van der Waals surface area contributed by atoms with Crippen molar-refractivity contribution in [3.8, 4) is 22.9 Å². The van der Waals surface area contributed by atoms with Crippen molar-refractivity contribution in [1.82, 2.24) is 20.1 Å². The summed E-state index contributed by atoms with van der Waals surface area (Å²) in [5.41, 5.74) is 4.82. The second-order valence-electron chi connectivity index (χ2n) is 16.5. The zero-order valence-electron chi connectivity index (χ0n) is 37.0. The molecule has 0 saturated heterocycles. The van der Waals surface area contributed by atoms with Crippen LogP contribution in [0.15, 0.2) is 103 Å². The van der Waals surface area contributed by atoms with Gasteiger partial charge in [-0.25, -0.2) is 9.48 Å². The maximum absolute atomic E-state index is 13.7. The minimum Gasteiger partial charge on any atom is -0.497 e. The Kier molecular flexibility index (Phi) is 15.7. The quantitative estimate of drug-likeness (QED) is 0.0498. The molecule has 0 radical (unpaired) electrons. The molecule has 0 saturated carbocycles. The number of pyridine rings is 1. The first-order valence-corrected chi connectivity index (χ1v) is 23.5. The highest BCUT2D eigenvalue weighted by Crippen LogP contribution is 2.41. The number of nitrogens with one attached hydrogen (secondary N) is 3. The van der Waals surface area contributed by atoms with Gasteiger partial charge in [-0.1, -0.05) is 57.2 Å². The van der Waals surface area contributed by atoms with Crippen LogP contribution in [0, 0.1) is 0 Å². The third-order valence-electron chi connectivity index (χ3n) is 9.77. The maximum atomic E-state index is 13.7. The van der Waals surface area contributed by atoms with Crippen LogP contribution in [0.25, 0.3) is 16.5 Å². The van der Waals surface area contributed by atoms with Crippen LogP contribution >= 0.6 is 7.14 Å². The first kappa shape index (κ1) is 46.5. The van der Waals surface area contributed by atoms with Gasteiger partial charge in [-0.2, -0.15) is 5.10 Å². The summed E-state index contributed by atoms with van der Waals surface area (Å²) in [6, 6.07) is 29.5. The van der Waals surface area contributed by atoms with Crippen LogP contribution in [0.1, 0.15) is 53.6 Å². The Morgan fingerprint density at radius 1 is 0.762 bits per heavy atom. The minimum atomic E-state index is -2.31. The Morgan fingerprint density at radius 3 is 2.27 bits per heavy atom. The number of ether oxygens (including phenoxy) is 5. The number of nitrogens with zero attached hydrogens (tertiary/aromatic N) is 3. The van der Waals surface area contributed by atoms with Gasteiger partial charge in [0, 0.05) is 72.0 Å². The predicted molar refractivity (Wildman–Crippen MR) is 248 cm³/mol. The van der Waals surface area contributed by atoms with Gasteiger partial charge in [-0.05, 0) is 73.0 Å². The molecule has 0 fully saturated rings. The number of rotatable bonds is 20. The number of hydrogen-bond acceptors (Lipinski definition) is 10. The summed E-state index contributed by atoms with van der Waals surface area (Å²) in [5.74, 6) is 1.97. The first-order valence-electron chi connectivity index (χ1n) is 20.8. The molecule has 6 aromatic rings. The van der Waals surface area contributed by atoms with Crippen molar-refractivity contribution in [1.29, 1.82) is 0 Å². The van der Waals surface area contributed by atoms with E-state index in [1.165, 1.54) is 0 Å². The molecular weight excluding hydrogens is 820 g/mol. The average molecular weight is 877 g/mol. The first-order chi connectivity index (χ1) is 30.2. The normalized spacial score (nSPS) is 11.7. The van der Waals surface area contributed by atoms with Crippen LogP contribution in [0.4, 0.5) is 16.3 Å². The second-order valence-corrected chi connectivity index (χ2v) is 20.0. The number of hydrogen-bond donors (Lipinski definition) is 3. The van der Waals surface area contributed by atoms with Gasteiger partial charge in [0.2, 0.25) is 0 Å². The molecule has 4 aromatic carbocycles. The molecule has 3 N–H and O–H groups in total. The van der Waals surface area contributed by atoms with Gasteiger partial charge in [-0.3, -0.25) is 15.1 Å². The van der Waals surface area contributed by atoms with E-state index in [1.807, 2.05) is 84.9 Å². The van der Waals surface area contributed by atoms with Crippen molar-refractivity contribution < 1.29 is 37.8 Å². The van der Waals surface area contributed by atoms with Crippen LogP contribution in [0.2, 0.25) is 0 Å². The Balaban J connectivity index is 1.13. The molecule has 63 heavy (non-hydrogen) atoms. The number of amides is 3. The van der Waals surface area contributed by atoms with Gasteiger partial charge in [-0.15, -0.1) is 0 Å². The monoisotopic (exact) mass is 876 g/mol. The summed E-state index contributed by atoms with van der Waals surface area (Å²) in [6.07, 6.45) is 2.56. The number of urea groups is 1. The van der Waals surface area contributed by atoms with E-state index < -0.39 is 13.2 Å². The fourth-order valence-corrected chi connectivity index (χ4v) is 7.84. The van der Waals surface area contributed by atoms with Crippen LogP contribution in [-0.2, 0) is 36.8 Å². The SMILES string of the molecule is COCCOCCOCCNC(=O)c1cc(Cc2cc(Oc3ccc(NC(=O)Nc4cc(C(C)(C)C)nn4-c4cccc(CP(C)(C)=O)c4)c4ccccc34)ccn2)cc(OC)c1. The van der Waals surface area contributed by atoms with E-state index in [4.69, 9.17) is 28.8 Å². The zero-order valence-corrected chi connectivity index (χ0v) is 37.9. The Labute approximate surface area is 369 Å². The minimum absolute atomic E-state index is 0.243. The lowest BCUT2D eigenvalue weighted by Gasteiger charge is -2.15. The number of fused-ring (bicyclic) bond motifs is 1. The number of aromatic nitrogens is 3. The molecular formula is C48H57N6O8P. The summed E-state index contributed by atoms with van der Waals surface area (Å²) in [4.78, 5) is 31.4. The number of anilines is 2. The molecule has 332 valence electrons. The fraction of sp³-hybridized carbons (Fsp3) is 0.333. The lowest BCUT2D eigenvalue weighted by molar-refractivity contribution is 0.0255. The van der Waals surface area contributed by atoms with Gasteiger partial charge >= 0.3 is 6.03 Å². The van der Waals surface area contributed by atoms with Crippen molar-refractivity contribution in [2.45, 2.75) is 38.8 Å². The molecule has 0 aliphatic heterocycles. The number of methoxy groups -OCH3 is 2. The van der Waals surface area contributed by atoms with Crippen molar-refractivity contribution in [2.75, 3.05) is 77.8 Å². The van der Waals surface area contributed by atoms with Crippen LogP contribution < -0.4 is 25.4 Å². The Morgan fingerprint density at radius 2 is 1.52 bits per heavy atom. The Bertz CT molecular complexity index is 2560. The summed E-state index contributed by atoms with van der Waals surface area (Å²) < 4.78 is 42.2. The third-order valence-corrected chi connectivity index (χ3v) is 10.9. The molecule has 0 unspecified atom stereocenters. The predicted octanol–water partition coefficient (Wildman–Crippen LogP) is 9.29. The van der Waals surface area contributed by atoms with Crippen LogP contribution in [0.3, 0.4) is 0 Å². The van der Waals surface area contributed by atoms with E-state index in [9.17, 15) is 14.2 Å². The molecule has 0 aliphatic rings. The van der Waals surface area contributed by atoms with E-state index in [-0.39, 0.29) is 11.3 Å². The summed E-state index contributed by atoms with van der Waals surface area (Å²) in [6.45, 7) is 12.4. The highest BCUT2D eigenvalue weighted by molar-refractivity contribution is 7.61. The largest absolute Gasteiger partial charge is 0.497 e. The van der Waals surface area contributed by atoms with Crippen LogP contribution in [0.5, 0.6) is 17.2 Å². The smallest absolute Gasteiger partial charge is 0.324 e. The number of carbonyl (C=O) groups is 2. The lowest BCUT2D eigenvalue weighted by Crippen LogP contribution is -2.27. The highest BCUT2D eigenvalue weighted by atomic mass is 31.2. The summed E-state index contributed by atoms with van der Waals surface area (Å²) >= 11 is 0. The van der Waals surface area contributed by atoms with E-state index in [1.54, 1.807) is 50.6 Å². The van der Waals surface area contributed by atoms with E-state index in [0.29, 0.717) is 86.5 Å². The molecule has 0 atom stereocenters. The van der Waals surface area contributed by atoms with Gasteiger partial charge in [0.05, 0.1) is 64.4 Å². The van der Waals surface area contributed by atoms with Crippen molar-refractivity contribution in [2.24, 2.45) is 0 Å². The molecule has 2 heterocycles. The van der Waals surface area contributed by atoms with Crippen molar-refractivity contribution in [3.05, 3.63) is 131 Å². The molecule has 3 amide bonds. The summed E-state index contributed by atoms with van der Waals surface area (Å²) in [5, 5.41) is 15.4. The molecule has 2 aromatic heterocycles. The standard InChI is InChI=1S/C48H57N6O8P/c1-48(2,3)44-31-45(54(53-44)37-12-10-11-33(27-37)32-63(6,7)57)52-47(56)51-42-15-16-43(41-14-9-8-13-40(41)42)62-38-17-18-49-36(30-38)26-34-25-35(29-39(28-34)59-5)46(55)50-19-20-60-23-24-61-22-21-58-4/h8-18,25,27-31H,19-24,26,32H2,1-7H3,(H,50,55)(H2,51,52,56). The fourth-order valence-electron chi connectivity index (χ4n) is 6.77. The Hall–Kier alpha value is -6.05. The van der Waals surface area contributed by atoms with Crippen molar-refractivity contribution >= 4 is 41.4 Å². The zero-order chi connectivity index (χ0) is 45.0. The number of benzene rings is 4. The number of carbonyl (C=O) groups excluding carboxylic acids is 2. The van der Waals surface area contributed by atoms with E-state index >= 15 is 0 Å². The van der Waals surface area contributed by atoms with Crippen molar-refractivity contribution in [3.63, 3.8) is 0 Å². The highest BCUT2D eigenvalue weighted by Gasteiger charge is 2.23. The molecule has 0 spiro atoms.